The minimum absolute atomic E-state index is 0.0107. The van der Waals surface area contributed by atoms with Gasteiger partial charge in [0.25, 0.3) is 15.9 Å². The minimum Gasteiger partial charge on any atom is -0.505 e. The number of oxazole rings is 1. The predicted molar refractivity (Wildman–Crippen MR) is 133 cm³/mol. The van der Waals surface area contributed by atoms with E-state index in [9.17, 15) is 18.3 Å². The van der Waals surface area contributed by atoms with Gasteiger partial charge in [-0.1, -0.05) is 11.6 Å². The number of piperazine rings is 1. The lowest BCUT2D eigenvalue weighted by molar-refractivity contribution is 0.0512. The Morgan fingerprint density at radius 3 is 3.00 bits per heavy atom. The maximum Gasteiger partial charge on any atom is 0.310 e. The average molecular weight is 550 g/mol. The summed E-state index contributed by atoms with van der Waals surface area (Å²) in [7, 11) is -4.06. The molecule has 5 rings (SSSR count). The molecule has 36 heavy (non-hydrogen) atoms. The molecule has 10 nitrogen and oxygen atoms in total. The van der Waals surface area contributed by atoms with Crippen molar-refractivity contribution in [2.75, 3.05) is 19.6 Å². The van der Waals surface area contributed by atoms with Gasteiger partial charge in [0.15, 0.2) is 9.96 Å². The highest BCUT2D eigenvalue weighted by Gasteiger charge is 2.40. The molecule has 0 radical (unpaired) electrons. The number of aromatic hydroxyl groups is 1. The third-order valence-corrected chi connectivity index (χ3v) is 10.3. The molecule has 1 aromatic carbocycles. The summed E-state index contributed by atoms with van der Waals surface area (Å²) >= 11 is 6.98. The highest BCUT2D eigenvalue weighted by Crippen LogP contribution is 2.42. The summed E-state index contributed by atoms with van der Waals surface area (Å²) in [6.45, 7) is 2.64. The molecule has 13 heteroatoms. The molecular formula is C23H24ClN5O5S2. The van der Waals surface area contributed by atoms with Crippen molar-refractivity contribution in [3.05, 3.63) is 40.6 Å². The van der Waals surface area contributed by atoms with Gasteiger partial charge in [-0.3, -0.25) is 4.79 Å². The summed E-state index contributed by atoms with van der Waals surface area (Å²) in [6.07, 6.45) is 1.10. The van der Waals surface area contributed by atoms with E-state index in [0.717, 1.165) is 17.0 Å². The normalized spacial score (nSPS) is 20.9. The molecule has 2 atom stereocenters. The second-order valence-electron chi connectivity index (χ2n) is 8.97. The van der Waals surface area contributed by atoms with E-state index in [4.69, 9.17) is 21.3 Å². The predicted octanol–water partition coefficient (Wildman–Crippen LogP) is 3.10. The number of sulfonamides is 1. The SMILES string of the molecule is CC1Cc2nc(C(=O)N3CCN(S(=O)(=O)c4sc5cc(Cl)ccc5c4O)CC3CCC#N)oc2CN1. The number of fused-ring (bicyclic) bond motifs is 2. The van der Waals surface area contributed by atoms with E-state index in [-0.39, 0.29) is 47.9 Å². The zero-order valence-corrected chi connectivity index (χ0v) is 21.8. The molecule has 2 unspecified atom stereocenters. The number of halogens is 1. The van der Waals surface area contributed by atoms with Crippen molar-refractivity contribution in [3.8, 4) is 11.8 Å². The lowest BCUT2D eigenvalue weighted by atomic mass is 10.1. The number of nitrogens with one attached hydrogen (secondary N) is 1. The molecule has 0 aliphatic carbocycles. The zero-order chi connectivity index (χ0) is 25.6. The molecule has 4 heterocycles. The first-order chi connectivity index (χ1) is 17.2. The van der Waals surface area contributed by atoms with Crippen molar-refractivity contribution in [2.24, 2.45) is 0 Å². The Hall–Kier alpha value is -2.69. The molecular weight excluding hydrogens is 526 g/mol. The summed E-state index contributed by atoms with van der Waals surface area (Å²) < 4.78 is 34.5. The first-order valence-corrected chi connectivity index (χ1v) is 14.1. The van der Waals surface area contributed by atoms with Gasteiger partial charge in [-0.25, -0.2) is 13.4 Å². The topological polar surface area (TPSA) is 140 Å². The van der Waals surface area contributed by atoms with Crippen molar-refractivity contribution >= 4 is 49.0 Å². The number of benzene rings is 1. The van der Waals surface area contributed by atoms with Crippen LogP contribution in [0.4, 0.5) is 0 Å². The third kappa shape index (κ3) is 4.46. The Balaban J connectivity index is 1.41. The molecule has 1 fully saturated rings. The van der Waals surface area contributed by atoms with Gasteiger partial charge in [0.1, 0.15) is 5.76 Å². The van der Waals surface area contributed by atoms with Gasteiger partial charge in [0, 0.05) is 59.7 Å². The van der Waals surface area contributed by atoms with Crippen LogP contribution < -0.4 is 5.32 Å². The molecule has 0 bridgehead atoms. The highest BCUT2D eigenvalue weighted by atomic mass is 35.5. The number of nitrogens with zero attached hydrogens (tertiary/aromatic N) is 4. The van der Waals surface area contributed by atoms with Gasteiger partial charge < -0.3 is 19.7 Å². The molecule has 0 spiro atoms. The van der Waals surface area contributed by atoms with Crippen molar-refractivity contribution < 1.29 is 22.7 Å². The quantitative estimate of drug-likeness (QED) is 0.495. The first kappa shape index (κ1) is 25.0. The van der Waals surface area contributed by atoms with Crippen LogP contribution in [0.1, 0.15) is 41.9 Å². The summed E-state index contributed by atoms with van der Waals surface area (Å²) in [5.41, 5.74) is 0.750. The van der Waals surface area contributed by atoms with Crippen molar-refractivity contribution in [1.82, 2.24) is 19.5 Å². The van der Waals surface area contributed by atoms with E-state index in [0.29, 0.717) is 40.3 Å². The molecule has 190 valence electrons. The fourth-order valence-corrected chi connectivity index (χ4v) is 8.03. The van der Waals surface area contributed by atoms with E-state index < -0.39 is 22.0 Å². The lowest BCUT2D eigenvalue weighted by Gasteiger charge is -2.39. The van der Waals surface area contributed by atoms with E-state index in [1.165, 1.54) is 4.31 Å². The second-order valence-corrected chi connectivity index (χ2v) is 12.6. The van der Waals surface area contributed by atoms with Crippen molar-refractivity contribution in [2.45, 2.75) is 49.0 Å². The van der Waals surface area contributed by atoms with Crippen LogP contribution in [0, 0.1) is 11.3 Å². The molecule has 2 N–H and O–H groups in total. The van der Waals surface area contributed by atoms with E-state index in [2.05, 4.69) is 16.4 Å². The van der Waals surface area contributed by atoms with E-state index >= 15 is 0 Å². The van der Waals surface area contributed by atoms with Crippen LogP contribution in [0.15, 0.2) is 26.8 Å². The smallest absolute Gasteiger partial charge is 0.310 e. The van der Waals surface area contributed by atoms with Crippen LogP contribution >= 0.6 is 22.9 Å². The van der Waals surface area contributed by atoms with Crippen LogP contribution in [-0.2, 0) is 23.0 Å². The molecule has 0 saturated carbocycles. The molecule has 1 saturated heterocycles. The van der Waals surface area contributed by atoms with Crippen molar-refractivity contribution in [1.29, 1.82) is 5.26 Å². The van der Waals surface area contributed by atoms with Crippen molar-refractivity contribution in [3.63, 3.8) is 0 Å². The van der Waals surface area contributed by atoms with Crippen LogP contribution in [0.25, 0.3) is 10.1 Å². The van der Waals surface area contributed by atoms with Crippen LogP contribution in [-0.4, -0.2) is 65.3 Å². The summed E-state index contributed by atoms with van der Waals surface area (Å²) in [6, 6.07) is 6.53. The Labute approximate surface area is 217 Å². The van der Waals surface area contributed by atoms with Crippen LogP contribution in [0.5, 0.6) is 5.75 Å². The Morgan fingerprint density at radius 2 is 2.22 bits per heavy atom. The van der Waals surface area contributed by atoms with Gasteiger partial charge in [0.2, 0.25) is 0 Å². The minimum atomic E-state index is -4.06. The third-order valence-electron chi connectivity index (χ3n) is 6.54. The lowest BCUT2D eigenvalue weighted by Crippen LogP contribution is -2.56. The van der Waals surface area contributed by atoms with E-state index in [1.54, 1.807) is 23.1 Å². The first-order valence-electron chi connectivity index (χ1n) is 11.5. The Kier molecular flexibility index (Phi) is 6.69. The summed E-state index contributed by atoms with van der Waals surface area (Å²) in [5, 5.41) is 23.9. The van der Waals surface area contributed by atoms with Gasteiger partial charge >= 0.3 is 5.91 Å². The van der Waals surface area contributed by atoms with Gasteiger partial charge in [-0.15, -0.1) is 11.3 Å². The molecule has 3 aromatic rings. The Bertz CT molecular complexity index is 1480. The number of aromatic nitrogens is 1. The zero-order valence-electron chi connectivity index (χ0n) is 19.4. The van der Waals surface area contributed by atoms with Gasteiger partial charge in [-0.05, 0) is 31.5 Å². The monoisotopic (exact) mass is 549 g/mol. The fourth-order valence-electron chi connectivity index (χ4n) is 4.64. The van der Waals surface area contributed by atoms with Gasteiger partial charge in [-0.2, -0.15) is 9.57 Å². The molecule has 2 aliphatic rings. The molecule has 1 amide bonds. The maximum atomic E-state index is 13.5. The number of nitriles is 1. The van der Waals surface area contributed by atoms with Crippen LogP contribution in [0.2, 0.25) is 5.02 Å². The number of hydrogen-bond acceptors (Lipinski definition) is 9. The van der Waals surface area contributed by atoms with Gasteiger partial charge in [0.05, 0.1) is 18.3 Å². The number of rotatable bonds is 5. The highest BCUT2D eigenvalue weighted by molar-refractivity contribution is 7.91. The molecule has 2 aromatic heterocycles. The number of carbonyl (C=O) groups excluding carboxylic acids is 1. The average Bonchev–Trinajstić information content (AvgIpc) is 3.42. The fraction of sp³-hybridized carbons (Fsp3) is 0.435. The second kappa shape index (κ2) is 9.64. The number of amides is 1. The largest absolute Gasteiger partial charge is 0.505 e. The Morgan fingerprint density at radius 1 is 1.42 bits per heavy atom. The standard InChI is InChI=1S/C23H24ClN5O5S2/c1-13-9-17-18(11-26-13)34-21(27-17)22(31)29-8-7-28(12-15(29)3-2-6-25)36(32,33)23-20(30)16-5-4-14(24)10-19(16)35-23/h4-5,10,13,15,26,30H,2-3,7-9,11-12H2,1H3. The summed E-state index contributed by atoms with van der Waals surface area (Å²) in [5.74, 6) is -0.122. The van der Waals surface area contributed by atoms with Crippen LogP contribution in [0.3, 0.4) is 0 Å². The maximum absolute atomic E-state index is 13.5. The number of hydrogen-bond donors (Lipinski definition) is 2. The number of carbonyl (C=O) groups is 1. The molecule has 2 aliphatic heterocycles. The van der Waals surface area contributed by atoms with E-state index in [1.807, 2.05) is 6.92 Å². The number of thiophene rings is 1. The summed E-state index contributed by atoms with van der Waals surface area (Å²) in [4.78, 5) is 19.3.